The molecule has 196 valence electrons. The van der Waals surface area contributed by atoms with E-state index in [9.17, 15) is 4.79 Å². The van der Waals surface area contributed by atoms with Crippen LogP contribution in [0.1, 0.15) is 68.2 Å². The molecule has 4 atom stereocenters. The second-order valence-corrected chi connectivity index (χ2v) is 12.2. The highest BCUT2D eigenvalue weighted by Crippen LogP contribution is 2.46. The maximum absolute atomic E-state index is 13.5. The molecule has 0 saturated carbocycles. The summed E-state index contributed by atoms with van der Waals surface area (Å²) in [6.45, 7) is 11.2. The predicted octanol–water partition coefficient (Wildman–Crippen LogP) is 4.13. The van der Waals surface area contributed by atoms with Gasteiger partial charge in [0.15, 0.2) is 0 Å². The summed E-state index contributed by atoms with van der Waals surface area (Å²) in [5.74, 6) is 2.28. The summed E-state index contributed by atoms with van der Waals surface area (Å²) in [7, 11) is 0. The summed E-state index contributed by atoms with van der Waals surface area (Å²) in [4.78, 5) is 19.9. The lowest BCUT2D eigenvalue weighted by Crippen LogP contribution is -2.50. The minimum absolute atomic E-state index is 0.263. The maximum Gasteiger partial charge on any atom is 0.226 e. The molecule has 3 fully saturated rings. The highest BCUT2D eigenvalue weighted by molar-refractivity contribution is 5.86. The number of aromatic amines is 1. The Kier molecular flexibility index (Phi) is 6.87. The third-order valence-corrected chi connectivity index (χ3v) is 10.0. The molecule has 3 aliphatic heterocycles. The number of rotatable bonds is 6. The molecule has 0 radical (unpaired) electrons. The molecule has 4 aliphatic rings. The van der Waals surface area contributed by atoms with Gasteiger partial charge in [-0.05, 0) is 107 Å². The van der Waals surface area contributed by atoms with Crippen LogP contribution < -0.4 is 10.6 Å². The first-order valence-electron chi connectivity index (χ1n) is 14.5. The normalized spacial score (nSPS) is 30.2. The molecule has 4 heterocycles. The largest absolute Gasteiger partial charge is 0.381 e. The quantitative estimate of drug-likeness (QED) is 0.567. The van der Waals surface area contributed by atoms with Gasteiger partial charge < -0.3 is 25.3 Å². The van der Waals surface area contributed by atoms with Crippen LogP contribution in [0.3, 0.4) is 0 Å². The summed E-state index contributed by atoms with van der Waals surface area (Å²) in [6, 6.07) is 7.29. The number of fused-ring (bicyclic) bond motifs is 4. The Labute approximate surface area is 215 Å². The van der Waals surface area contributed by atoms with Crippen molar-refractivity contribution < 1.29 is 9.53 Å². The van der Waals surface area contributed by atoms with Gasteiger partial charge in [0.05, 0.1) is 5.41 Å². The minimum atomic E-state index is -0.270. The van der Waals surface area contributed by atoms with Gasteiger partial charge >= 0.3 is 0 Å². The number of amides is 1. The molecular weight excluding hydrogens is 448 g/mol. The second-order valence-electron chi connectivity index (χ2n) is 12.2. The van der Waals surface area contributed by atoms with Crippen LogP contribution in [0.2, 0.25) is 0 Å². The number of aromatic nitrogens is 1. The van der Waals surface area contributed by atoms with Crippen LogP contribution in [-0.4, -0.2) is 67.8 Å². The smallest absolute Gasteiger partial charge is 0.226 e. The molecule has 0 bridgehead atoms. The molecule has 6 nitrogen and oxygen atoms in total. The Hall–Kier alpha value is -1.89. The highest BCUT2D eigenvalue weighted by atomic mass is 16.5. The van der Waals surface area contributed by atoms with Crippen LogP contribution in [0.5, 0.6) is 0 Å². The van der Waals surface area contributed by atoms with Gasteiger partial charge in [0.25, 0.3) is 0 Å². The van der Waals surface area contributed by atoms with E-state index in [4.69, 9.17) is 4.74 Å². The first kappa shape index (κ1) is 24.4. The van der Waals surface area contributed by atoms with E-state index in [1.165, 1.54) is 47.8 Å². The Morgan fingerprint density at radius 1 is 1.25 bits per heavy atom. The minimum Gasteiger partial charge on any atom is -0.381 e. The van der Waals surface area contributed by atoms with E-state index >= 15 is 0 Å². The van der Waals surface area contributed by atoms with Crippen LogP contribution in [0, 0.1) is 24.2 Å². The number of hydrogen-bond donors (Lipinski definition) is 3. The Bertz CT molecular complexity index is 1080. The van der Waals surface area contributed by atoms with Crippen LogP contribution >= 0.6 is 0 Å². The number of benzene rings is 1. The van der Waals surface area contributed by atoms with Crippen LogP contribution in [0.15, 0.2) is 18.2 Å². The standard InChI is InChI=1S/C30H44N4O2/c1-20-5-6-26-24(16-20)28-21(2)25-19-34(12-7-22(25)17-27(28)33-26)13-8-30(9-14-36-15-10-30)29(35)32-18-23-4-3-11-31-23/h5-6,16,21-23,25,31,33H,3-4,7-15,17-19H2,1-2H3,(H,32,35)/t21-,22?,23?,25-/m1/s1. The number of carbonyl (C=O) groups excluding carboxylic acids is 1. The van der Waals surface area contributed by atoms with E-state index in [2.05, 4.69) is 52.6 Å². The van der Waals surface area contributed by atoms with Crippen molar-refractivity contribution in [2.24, 2.45) is 17.3 Å². The van der Waals surface area contributed by atoms with Gasteiger partial charge in [0.1, 0.15) is 0 Å². The summed E-state index contributed by atoms with van der Waals surface area (Å²) in [5, 5.41) is 8.27. The molecule has 2 aromatic rings. The molecule has 3 saturated heterocycles. The number of nitrogens with zero attached hydrogens (tertiary/aromatic N) is 1. The van der Waals surface area contributed by atoms with Crippen molar-refractivity contribution in [2.75, 3.05) is 45.9 Å². The third kappa shape index (κ3) is 4.61. The zero-order valence-corrected chi connectivity index (χ0v) is 22.2. The van der Waals surface area contributed by atoms with E-state index < -0.39 is 0 Å². The number of hydrogen-bond acceptors (Lipinski definition) is 4. The van der Waals surface area contributed by atoms with E-state index in [-0.39, 0.29) is 11.3 Å². The molecule has 6 heteroatoms. The number of H-pyrrole nitrogens is 1. The molecule has 6 rings (SSSR count). The molecule has 1 aromatic heterocycles. The summed E-state index contributed by atoms with van der Waals surface area (Å²) in [5.41, 5.74) is 5.42. The SMILES string of the molecule is Cc1ccc2[nH]c3c(c2c1)[C@H](C)[C@H]1CN(CCC2(C(=O)NCC4CCCN4)CCOCC2)CCC1C3. The average molecular weight is 493 g/mol. The monoisotopic (exact) mass is 492 g/mol. The number of nitrogens with one attached hydrogen (secondary N) is 3. The van der Waals surface area contributed by atoms with E-state index in [0.29, 0.717) is 31.1 Å². The lowest BCUT2D eigenvalue weighted by molar-refractivity contribution is -0.137. The molecule has 2 unspecified atom stereocenters. The number of carbonyl (C=O) groups is 1. The van der Waals surface area contributed by atoms with Crippen molar-refractivity contribution in [3.8, 4) is 0 Å². The van der Waals surface area contributed by atoms with Crippen LogP contribution in [0.25, 0.3) is 10.9 Å². The fourth-order valence-electron chi connectivity index (χ4n) is 7.72. The van der Waals surface area contributed by atoms with Gasteiger partial charge in [-0.3, -0.25) is 4.79 Å². The zero-order valence-electron chi connectivity index (χ0n) is 22.2. The molecular formula is C30H44N4O2. The molecule has 1 aromatic carbocycles. The summed E-state index contributed by atoms with van der Waals surface area (Å²) in [6.07, 6.45) is 7.49. The first-order valence-corrected chi connectivity index (χ1v) is 14.5. The number of ether oxygens (including phenoxy) is 1. The van der Waals surface area contributed by atoms with Crippen LogP contribution in [0.4, 0.5) is 0 Å². The lowest BCUT2D eigenvalue weighted by atomic mass is 9.68. The van der Waals surface area contributed by atoms with Gasteiger partial charge in [-0.2, -0.15) is 0 Å². The van der Waals surface area contributed by atoms with Gasteiger partial charge in [-0.25, -0.2) is 0 Å². The van der Waals surface area contributed by atoms with Gasteiger partial charge in [0.2, 0.25) is 5.91 Å². The second kappa shape index (κ2) is 10.1. The highest BCUT2D eigenvalue weighted by Gasteiger charge is 2.43. The van der Waals surface area contributed by atoms with Crippen molar-refractivity contribution in [1.82, 2.24) is 20.5 Å². The van der Waals surface area contributed by atoms with Gasteiger partial charge in [-0.15, -0.1) is 0 Å². The molecule has 3 N–H and O–H groups in total. The van der Waals surface area contributed by atoms with Crippen LogP contribution in [-0.2, 0) is 16.0 Å². The Morgan fingerprint density at radius 3 is 2.92 bits per heavy atom. The van der Waals surface area contributed by atoms with E-state index in [1.54, 1.807) is 5.56 Å². The number of aryl methyl sites for hydroxylation is 1. The maximum atomic E-state index is 13.5. The Morgan fingerprint density at radius 2 is 2.11 bits per heavy atom. The number of piperidine rings is 1. The fraction of sp³-hybridized carbons (Fsp3) is 0.700. The Balaban J connectivity index is 1.12. The third-order valence-electron chi connectivity index (χ3n) is 10.0. The lowest BCUT2D eigenvalue weighted by Gasteiger charge is -2.45. The fourth-order valence-corrected chi connectivity index (χ4v) is 7.72. The molecule has 0 spiro atoms. The topological polar surface area (TPSA) is 69.4 Å². The summed E-state index contributed by atoms with van der Waals surface area (Å²) >= 11 is 0. The van der Waals surface area contributed by atoms with Crippen molar-refractivity contribution in [3.63, 3.8) is 0 Å². The van der Waals surface area contributed by atoms with Crippen molar-refractivity contribution in [1.29, 1.82) is 0 Å². The first-order chi connectivity index (χ1) is 17.5. The van der Waals surface area contributed by atoms with E-state index in [1.807, 2.05) is 0 Å². The molecule has 36 heavy (non-hydrogen) atoms. The number of likely N-dealkylation sites (tertiary alicyclic amines) is 1. The van der Waals surface area contributed by atoms with Crippen molar-refractivity contribution in [2.45, 2.75) is 70.8 Å². The summed E-state index contributed by atoms with van der Waals surface area (Å²) < 4.78 is 5.69. The molecule has 1 aliphatic carbocycles. The zero-order chi connectivity index (χ0) is 24.7. The average Bonchev–Trinajstić information content (AvgIpc) is 3.54. The predicted molar refractivity (Wildman–Crippen MR) is 144 cm³/mol. The van der Waals surface area contributed by atoms with Gasteiger partial charge in [-0.1, -0.05) is 18.6 Å². The van der Waals surface area contributed by atoms with Gasteiger partial charge in [0, 0.05) is 48.9 Å². The van der Waals surface area contributed by atoms with Crippen molar-refractivity contribution in [3.05, 3.63) is 35.0 Å². The van der Waals surface area contributed by atoms with Crippen molar-refractivity contribution >= 4 is 16.8 Å². The molecule has 1 amide bonds. The van der Waals surface area contributed by atoms with E-state index in [0.717, 1.165) is 57.9 Å².